The monoisotopic (exact) mass is 178 g/mol. The minimum atomic E-state index is -0.927. The van der Waals surface area contributed by atoms with Crippen molar-refractivity contribution in [3.8, 4) is 0 Å². The molecule has 4 nitrogen and oxygen atoms in total. The SMILES string of the molecule is N[C@@H](CCCCNS)C(=O)O. The summed E-state index contributed by atoms with van der Waals surface area (Å²) in [5.41, 5.74) is 5.26. The summed E-state index contributed by atoms with van der Waals surface area (Å²) < 4.78 is 2.68. The first-order valence-electron chi connectivity index (χ1n) is 3.54. The summed E-state index contributed by atoms with van der Waals surface area (Å²) in [6, 6.07) is -0.713. The molecule has 0 bridgehead atoms. The Morgan fingerprint density at radius 3 is 2.73 bits per heavy atom. The van der Waals surface area contributed by atoms with Crippen molar-refractivity contribution in [3.05, 3.63) is 0 Å². The third kappa shape index (κ3) is 6.15. The molecule has 1 atom stereocenters. The third-order valence-corrected chi connectivity index (χ3v) is 1.59. The molecule has 0 aromatic heterocycles. The second-order valence-electron chi connectivity index (χ2n) is 2.35. The number of carboxylic acids is 1. The first kappa shape index (κ1) is 10.7. The smallest absolute Gasteiger partial charge is 0.320 e. The number of hydrogen-bond donors (Lipinski definition) is 4. The van der Waals surface area contributed by atoms with Gasteiger partial charge in [0.15, 0.2) is 0 Å². The molecule has 0 aliphatic heterocycles. The molecule has 0 amide bonds. The molecule has 0 rings (SSSR count). The van der Waals surface area contributed by atoms with Crippen molar-refractivity contribution >= 4 is 18.8 Å². The molecule has 0 saturated heterocycles. The van der Waals surface area contributed by atoms with E-state index in [0.717, 1.165) is 19.4 Å². The molecule has 0 unspecified atom stereocenters. The number of rotatable bonds is 6. The molecule has 0 fully saturated rings. The van der Waals surface area contributed by atoms with E-state index in [2.05, 4.69) is 17.5 Å². The van der Waals surface area contributed by atoms with Crippen LogP contribution in [0.2, 0.25) is 0 Å². The lowest BCUT2D eigenvalue weighted by atomic mass is 10.1. The molecule has 0 heterocycles. The van der Waals surface area contributed by atoms with Crippen molar-refractivity contribution in [3.63, 3.8) is 0 Å². The van der Waals surface area contributed by atoms with Gasteiger partial charge >= 0.3 is 5.97 Å². The highest BCUT2D eigenvalue weighted by Gasteiger charge is 2.09. The number of nitrogens with two attached hydrogens (primary N) is 1. The molecular formula is C6H14N2O2S. The Hall–Kier alpha value is -0.260. The summed E-state index contributed by atoms with van der Waals surface area (Å²) >= 11 is 3.79. The number of carboxylic acid groups (broad SMARTS) is 1. The average molecular weight is 178 g/mol. The largest absolute Gasteiger partial charge is 0.480 e. The van der Waals surface area contributed by atoms with Gasteiger partial charge in [-0.05, 0) is 12.8 Å². The highest BCUT2D eigenvalue weighted by atomic mass is 32.1. The van der Waals surface area contributed by atoms with Crippen LogP contribution in [0.15, 0.2) is 0 Å². The fourth-order valence-electron chi connectivity index (χ4n) is 0.692. The Morgan fingerprint density at radius 2 is 2.27 bits per heavy atom. The number of aliphatic carboxylic acids is 1. The van der Waals surface area contributed by atoms with Crippen LogP contribution < -0.4 is 10.5 Å². The van der Waals surface area contributed by atoms with E-state index < -0.39 is 12.0 Å². The molecule has 0 saturated carbocycles. The van der Waals surface area contributed by atoms with Gasteiger partial charge in [0.1, 0.15) is 6.04 Å². The predicted molar refractivity (Wildman–Crippen MR) is 46.5 cm³/mol. The van der Waals surface area contributed by atoms with Crippen LogP contribution in [0.3, 0.4) is 0 Å². The lowest BCUT2D eigenvalue weighted by Gasteiger charge is -2.04. The first-order valence-corrected chi connectivity index (χ1v) is 3.98. The molecule has 4 N–H and O–H groups in total. The zero-order valence-electron chi connectivity index (χ0n) is 6.29. The normalized spacial score (nSPS) is 12.9. The highest BCUT2D eigenvalue weighted by Crippen LogP contribution is 1.97. The standard InChI is InChI=1S/C6H14N2O2S/c7-5(6(9)10)3-1-2-4-8-11/h5,8,11H,1-4,7H2,(H,9,10)/t5-/m0/s1. The molecule has 0 aromatic carbocycles. The third-order valence-electron chi connectivity index (χ3n) is 1.37. The lowest BCUT2D eigenvalue weighted by molar-refractivity contribution is -0.138. The fraction of sp³-hybridized carbons (Fsp3) is 0.833. The lowest BCUT2D eigenvalue weighted by Crippen LogP contribution is -2.29. The fourth-order valence-corrected chi connectivity index (χ4v) is 0.850. The summed E-state index contributed by atoms with van der Waals surface area (Å²) in [7, 11) is 0. The van der Waals surface area contributed by atoms with Gasteiger partial charge in [-0.1, -0.05) is 19.2 Å². The van der Waals surface area contributed by atoms with Crippen molar-refractivity contribution in [1.82, 2.24) is 4.72 Å². The number of thiol groups is 1. The summed E-state index contributed by atoms with van der Waals surface area (Å²) in [6.45, 7) is 0.787. The Morgan fingerprint density at radius 1 is 1.64 bits per heavy atom. The summed E-state index contributed by atoms with van der Waals surface area (Å²) in [5.74, 6) is -0.927. The number of unbranched alkanes of at least 4 members (excludes halogenated alkanes) is 1. The topological polar surface area (TPSA) is 75.3 Å². The Kier molecular flexibility index (Phi) is 6.30. The quantitative estimate of drug-likeness (QED) is 0.341. The van der Waals surface area contributed by atoms with Crippen LogP contribution in [0, 0.1) is 0 Å². The van der Waals surface area contributed by atoms with Crippen LogP contribution in [0.25, 0.3) is 0 Å². The molecule has 0 radical (unpaired) electrons. The van der Waals surface area contributed by atoms with E-state index in [-0.39, 0.29) is 0 Å². The molecule has 0 spiro atoms. The maximum Gasteiger partial charge on any atom is 0.320 e. The van der Waals surface area contributed by atoms with E-state index in [0.29, 0.717) is 6.42 Å². The molecular weight excluding hydrogens is 164 g/mol. The van der Waals surface area contributed by atoms with E-state index in [1.165, 1.54) is 0 Å². The van der Waals surface area contributed by atoms with Crippen LogP contribution in [0.5, 0.6) is 0 Å². The van der Waals surface area contributed by atoms with Gasteiger partial charge < -0.3 is 10.8 Å². The van der Waals surface area contributed by atoms with Gasteiger partial charge in [0.2, 0.25) is 0 Å². The van der Waals surface area contributed by atoms with Crippen LogP contribution >= 0.6 is 12.8 Å². The molecule has 0 aliphatic carbocycles. The highest BCUT2D eigenvalue weighted by molar-refractivity contribution is 7.78. The molecule has 11 heavy (non-hydrogen) atoms. The van der Waals surface area contributed by atoms with E-state index in [4.69, 9.17) is 10.8 Å². The van der Waals surface area contributed by atoms with Gasteiger partial charge in [0.05, 0.1) is 0 Å². The van der Waals surface area contributed by atoms with Crippen molar-refractivity contribution in [2.24, 2.45) is 5.73 Å². The molecule has 0 aromatic rings. The van der Waals surface area contributed by atoms with E-state index in [1.807, 2.05) is 0 Å². The molecule has 66 valence electrons. The summed E-state index contributed by atoms with van der Waals surface area (Å²) in [4.78, 5) is 10.2. The maximum atomic E-state index is 10.2. The van der Waals surface area contributed by atoms with Crippen LogP contribution in [-0.4, -0.2) is 23.7 Å². The predicted octanol–water partition coefficient (Wildman–Crippen LogP) is 0.00300. The van der Waals surface area contributed by atoms with Gasteiger partial charge in [-0.15, -0.1) is 0 Å². The minimum absolute atomic E-state index is 0.533. The van der Waals surface area contributed by atoms with Gasteiger partial charge in [0.25, 0.3) is 0 Å². The maximum absolute atomic E-state index is 10.2. The average Bonchev–Trinajstić information content (AvgIpc) is 1.97. The van der Waals surface area contributed by atoms with Crippen molar-refractivity contribution < 1.29 is 9.90 Å². The number of nitrogens with one attached hydrogen (secondary N) is 1. The second-order valence-corrected chi connectivity index (χ2v) is 2.66. The van der Waals surface area contributed by atoms with Crippen molar-refractivity contribution in [2.75, 3.05) is 6.54 Å². The summed E-state index contributed by atoms with van der Waals surface area (Å²) in [6.07, 6.45) is 2.26. The number of hydrogen-bond acceptors (Lipinski definition) is 4. The minimum Gasteiger partial charge on any atom is -0.480 e. The zero-order valence-corrected chi connectivity index (χ0v) is 7.18. The van der Waals surface area contributed by atoms with Gasteiger partial charge in [-0.2, -0.15) is 0 Å². The molecule has 0 aliphatic rings. The van der Waals surface area contributed by atoms with Gasteiger partial charge in [-0.25, -0.2) is 0 Å². The number of carbonyl (C=O) groups is 1. The van der Waals surface area contributed by atoms with Crippen molar-refractivity contribution in [1.29, 1.82) is 0 Å². The van der Waals surface area contributed by atoms with E-state index in [9.17, 15) is 4.79 Å². The molecule has 5 heteroatoms. The van der Waals surface area contributed by atoms with E-state index in [1.54, 1.807) is 0 Å². The van der Waals surface area contributed by atoms with Gasteiger partial charge in [-0.3, -0.25) is 9.52 Å². The Balaban J connectivity index is 3.17. The van der Waals surface area contributed by atoms with E-state index >= 15 is 0 Å². The van der Waals surface area contributed by atoms with Crippen LogP contribution in [0.4, 0.5) is 0 Å². The van der Waals surface area contributed by atoms with Crippen molar-refractivity contribution in [2.45, 2.75) is 25.3 Å². The van der Waals surface area contributed by atoms with Gasteiger partial charge in [0, 0.05) is 6.54 Å². The Labute approximate surface area is 71.7 Å². The summed E-state index contributed by atoms with van der Waals surface area (Å²) in [5, 5.41) is 8.38. The second kappa shape index (κ2) is 6.45. The van der Waals surface area contributed by atoms with Crippen LogP contribution in [0.1, 0.15) is 19.3 Å². The first-order chi connectivity index (χ1) is 5.18. The van der Waals surface area contributed by atoms with Crippen LogP contribution in [-0.2, 0) is 4.79 Å². The zero-order chi connectivity index (χ0) is 8.69. The Bertz CT molecular complexity index is 121.